The van der Waals surface area contributed by atoms with Crippen molar-refractivity contribution in [2.75, 3.05) is 87.8 Å². The van der Waals surface area contributed by atoms with Crippen molar-refractivity contribution in [3.63, 3.8) is 0 Å². The fourth-order valence-electron chi connectivity index (χ4n) is 8.93. The molecule has 0 spiro atoms. The van der Waals surface area contributed by atoms with Gasteiger partial charge in [0.25, 0.3) is 23.3 Å². The quantitative estimate of drug-likeness (QED) is 0.175. The van der Waals surface area contributed by atoms with E-state index in [1.807, 2.05) is 24.3 Å². The lowest BCUT2D eigenvalue weighted by Crippen LogP contribution is -2.54. The van der Waals surface area contributed by atoms with E-state index in [9.17, 15) is 28.8 Å². The maximum absolute atomic E-state index is 13.7. The molecule has 4 fully saturated rings. The van der Waals surface area contributed by atoms with Crippen LogP contribution in [0.25, 0.3) is 10.9 Å². The summed E-state index contributed by atoms with van der Waals surface area (Å²) < 4.78 is 12.7. The van der Waals surface area contributed by atoms with Gasteiger partial charge in [0.2, 0.25) is 17.8 Å². The van der Waals surface area contributed by atoms with E-state index in [0.717, 1.165) is 74.5 Å². The Labute approximate surface area is 361 Å². The molecule has 5 amide bonds. The fourth-order valence-corrected chi connectivity index (χ4v) is 9.07. The van der Waals surface area contributed by atoms with E-state index >= 15 is 0 Å². The van der Waals surface area contributed by atoms with Crippen LogP contribution in [-0.4, -0.2) is 133 Å². The van der Waals surface area contributed by atoms with Crippen molar-refractivity contribution >= 4 is 75.2 Å². The van der Waals surface area contributed by atoms with Gasteiger partial charge in [0.05, 0.1) is 41.7 Å². The lowest BCUT2D eigenvalue weighted by Gasteiger charge is -2.39. The zero-order valence-electron chi connectivity index (χ0n) is 34.2. The van der Waals surface area contributed by atoms with Gasteiger partial charge in [0, 0.05) is 82.8 Å². The first-order valence-electron chi connectivity index (χ1n) is 21.0. The van der Waals surface area contributed by atoms with E-state index in [4.69, 9.17) is 26.1 Å². The Hall–Kier alpha value is -6.11. The molecule has 2 aromatic carbocycles. The van der Waals surface area contributed by atoms with Gasteiger partial charge in [-0.1, -0.05) is 17.7 Å². The van der Waals surface area contributed by atoms with Crippen LogP contribution in [0.5, 0.6) is 5.75 Å². The summed E-state index contributed by atoms with van der Waals surface area (Å²) in [5, 5.41) is 9.19. The highest BCUT2D eigenvalue weighted by Gasteiger charge is 2.46. The van der Waals surface area contributed by atoms with Crippen molar-refractivity contribution in [1.29, 1.82) is 0 Å². The Bertz CT molecular complexity index is 2510. The summed E-state index contributed by atoms with van der Waals surface area (Å²) in [6, 6.07) is 11.6. The first-order chi connectivity index (χ1) is 30.0. The van der Waals surface area contributed by atoms with Gasteiger partial charge in [0.15, 0.2) is 18.2 Å². The van der Waals surface area contributed by atoms with Crippen molar-refractivity contribution in [2.24, 2.45) is 11.8 Å². The smallest absolute Gasteiger partial charge is 0.293 e. The Morgan fingerprint density at radius 3 is 2.44 bits per heavy atom. The van der Waals surface area contributed by atoms with Gasteiger partial charge < -0.3 is 34.5 Å². The molecule has 5 aliphatic rings. The molecule has 0 aliphatic carbocycles. The Balaban J connectivity index is 0.808. The second-order valence-corrected chi connectivity index (χ2v) is 16.8. The van der Waals surface area contributed by atoms with Gasteiger partial charge in [0.1, 0.15) is 11.1 Å². The predicted molar refractivity (Wildman–Crippen MR) is 229 cm³/mol. The van der Waals surface area contributed by atoms with Crippen LogP contribution in [0.1, 0.15) is 46.4 Å². The molecule has 9 rings (SSSR count). The summed E-state index contributed by atoms with van der Waals surface area (Å²) in [5.41, 5.74) is 2.45. The number of likely N-dealkylation sites (N-methyl/N-ethyl adjacent to an activating group) is 1. The van der Waals surface area contributed by atoms with Crippen molar-refractivity contribution < 1.29 is 33.4 Å². The summed E-state index contributed by atoms with van der Waals surface area (Å²) in [5.74, 6) is -0.598. The number of rotatable bonds is 12. The molecular formula is C43H47ClN10O8. The monoisotopic (exact) mass is 866 g/mol. The second-order valence-electron chi connectivity index (χ2n) is 16.4. The average molecular weight is 867 g/mol. The number of piperidine rings is 2. The van der Waals surface area contributed by atoms with Gasteiger partial charge in [-0.15, -0.1) is 0 Å². The van der Waals surface area contributed by atoms with Crippen molar-refractivity contribution in [3.8, 4) is 5.75 Å². The van der Waals surface area contributed by atoms with Crippen LogP contribution in [0, 0.1) is 11.8 Å². The number of carbonyl (C=O) groups is 5. The van der Waals surface area contributed by atoms with E-state index in [0.29, 0.717) is 65.0 Å². The highest BCUT2D eigenvalue weighted by atomic mass is 35.5. The number of aromatic nitrogens is 3. The predicted octanol–water partition coefficient (Wildman–Crippen LogP) is 2.40. The molecule has 18 nitrogen and oxygen atoms in total. The molecule has 4 saturated heterocycles. The van der Waals surface area contributed by atoms with Crippen molar-refractivity contribution in [3.05, 3.63) is 75.2 Å². The lowest BCUT2D eigenvalue weighted by atomic mass is 9.94. The standard InChI is InChI=1S/C43H47ClN10O8/c1-45-36(56)24-62-34-18-27-17-28(5-6-31(27)53(41(34)59)21-26-22-61-23-26)47-38-30(44)19-46-43(49-38)52-15-13-50(14-16-52)20-25-9-11-51(12-10-25)32-4-2-3-29-37(32)42(60)54(40(29)58)33-7-8-35(55)48-39(33)57/h2-6,17-19,25-26,33H,7-16,20-24H2,1H3,(H,45,56)(H,46,47,49)(H,48,55,57). The Morgan fingerprint density at radius 2 is 1.71 bits per heavy atom. The minimum Gasteiger partial charge on any atom is -0.478 e. The number of imide groups is 2. The zero-order valence-corrected chi connectivity index (χ0v) is 35.0. The normalized spacial score (nSPS) is 20.0. The molecule has 0 radical (unpaired) electrons. The maximum Gasteiger partial charge on any atom is 0.293 e. The third-order valence-corrected chi connectivity index (χ3v) is 12.7. The minimum atomic E-state index is -0.999. The van der Waals surface area contributed by atoms with Gasteiger partial charge in [-0.2, -0.15) is 4.98 Å². The van der Waals surface area contributed by atoms with E-state index < -0.39 is 29.7 Å². The third kappa shape index (κ3) is 8.16. The number of amides is 5. The number of halogens is 1. The Kier molecular flexibility index (Phi) is 11.5. The number of pyridine rings is 1. The molecule has 3 N–H and O–H groups in total. The van der Waals surface area contributed by atoms with Gasteiger partial charge >= 0.3 is 0 Å². The fraction of sp³-hybridized carbons (Fsp3) is 0.442. The molecule has 0 bridgehead atoms. The van der Waals surface area contributed by atoms with Crippen molar-refractivity contribution in [1.82, 2.24) is 35.0 Å². The summed E-state index contributed by atoms with van der Waals surface area (Å²) in [6.45, 7) is 6.85. The minimum absolute atomic E-state index is 0.0764. The molecule has 1 unspecified atom stereocenters. The molecule has 1 atom stereocenters. The molecule has 4 aromatic rings. The number of benzene rings is 2. The lowest BCUT2D eigenvalue weighted by molar-refractivity contribution is -0.136. The van der Waals surface area contributed by atoms with E-state index in [-0.39, 0.29) is 42.6 Å². The van der Waals surface area contributed by atoms with Crippen LogP contribution in [0.4, 0.5) is 23.1 Å². The summed E-state index contributed by atoms with van der Waals surface area (Å²) in [4.78, 5) is 93.9. The number of fused-ring (bicyclic) bond motifs is 2. The maximum atomic E-state index is 13.7. The van der Waals surface area contributed by atoms with Crippen LogP contribution < -0.4 is 36.0 Å². The molecule has 62 heavy (non-hydrogen) atoms. The number of nitrogens with one attached hydrogen (secondary N) is 3. The van der Waals surface area contributed by atoms with E-state index in [1.165, 1.54) is 7.05 Å². The van der Waals surface area contributed by atoms with Crippen LogP contribution in [0.2, 0.25) is 5.02 Å². The highest BCUT2D eigenvalue weighted by Crippen LogP contribution is 2.36. The molecule has 7 heterocycles. The number of nitrogens with zero attached hydrogens (tertiary/aromatic N) is 7. The molecule has 2 aromatic heterocycles. The molecule has 0 saturated carbocycles. The zero-order chi connectivity index (χ0) is 43.1. The van der Waals surface area contributed by atoms with Gasteiger partial charge in [-0.05, 0) is 61.6 Å². The number of hydrogen-bond acceptors (Lipinski definition) is 14. The first-order valence-corrected chi connectivity index (χ1v) is 21.4. The molecule has 19 heteroatoms. The second kappa shape index (κ2) is 17.3. The number of hydrogen-bond donors (Lipinski definition) is 3. The SMILES string of the molecule is CNC(=O)COc1cc2cc(Nc3nc(N4CCN(CC5CCN(c6cccc7c6C(=O)N(C6CCC(=O)NC6=O)C7=O)CC5)CC4)ncc3Cl)ccc2n(CC2COC2)c1=O. The van der Waals surface area contributed by atoms with Crippen LogP contribution in [-0.2, 0) is 25.7 Å². The van der Waals surface area contributed by atoms with E-state index in [1.54, 1.807) is 29.0 Å². The van der Waals surface area contributed by atoms with Crippen LogP contribution >= 0.6 is 11.6 Å². The average Bonchev–Trinajstić information content (AvgIpc) is 3.51. The molecule has 324 valence electrons. The van der Waals surface area contributed by atoms with E-state index in [2.05, 4.69) is 35.6 Å². The van der Waals surface area contributed by atoms with Crippen molar-refractivity contribution in [2.45, 2.75) is 38.3 Å². The summed E-state index contributed by atoms with van der Waals surface area (Å²) in [6.07, 6.45) is 3.63. The first kappa shape index (κ1) is 41.3. The number of anilines is 4. The molecular weight excluding hydrogens is 820 g/mol. The van der Waals surface area contributed by atoms with Gasteiger partial charge in [-0.3, -0.25) is 43.9 Å². The van der Waals surface area contributed by atoms with Crippen LogP contribution in [0.15, 0.2) is 53.5 Å². The summed E-state index contributed by atoms with van der Waals surface area (Å²) >= 11 is 6.62. The molecule has 5 aliphatic heterocycles. The number of piperazine rings is 1. The third-order valence-electron chi connectivity index (χ3n) is 12.4. The number of ether oxygens (including phenoxy) is 2. The van der Waals surface area contributed by atoms with Gasteiger partial charge in [-0.25, -0.2) is 4.98 Å². The topological polar surface area (TPSA) is 201 Å². The largest absolute Gasteiger partial charge is 0.478 e. The summed E-state index contributed by atoms with van der Waals surface area (Å²) in [7, 11) is 1.51. The number of carbonyl (C=O) groups excluding carboxylic acids is 5. The van der Waals surface area contributed by atoms with Crippen LogP contribution in [0.3, 0.4) is 0 Å². The Morgan fingerprint density at radius 1 is 0.919 bits per heavy atom. The highest BCUT2D eigenvalue weighted by molar-refractivity contribution is 6.33.